The molecule has 2 aromatic carbocycles. The van der Waals surface area contributed by atoms with E-state index in [-0.39, 0.29) is 5.78 Å². The summed E-state index contributed by atoms with van der Waals surface area (Å²) in [5, 5.41) is 5.66. The second kappa shape index (κ2) is 7.19. The Kier molecular flexibility index (Phi) is 4.95. The van der Waals surface area contributed by atoms with Gasteiger partial charge in [0, 0.05) is 51.4 Å². The molecule has 1 saturated heterocycles. The Morgan fingerprint density at radius 2 is 1.84 bits per heavy atom. The Bertz CT molecular complexity index is 945. The van der Waals surface area contributed by atoms with Crippen LogP contribution < -0.4 is 5.32 Å². The minimum atomic E-state index is 0.249. The number of hydrogen-bond acceptors (Lipinski definition) is 3. The SMILES string of the molecule is O=C(CN1CCNCC1)Cn1c2ccc(Br)cc2c2cccc(Br)c21. The van der Waals surface area contributed by atoms with Crippen LogP contribution in [0, 0.1) is 0 Å². The average Bonchev–Trinajstić information content (AvgIpc) is 2.90. The lowest BCUT2D eigenvalue weighted by atomic mass is 10.2. The van der Waals surface area contributed by atoms with Gasteiger partial charge in [-0.2, -0.15) is 0 Å². The highest BCUT2D eigenvalue weighted by Gasteiger charge is 2.18. The Labute approximate surface area is 163 Å². The van der Waals surface area contributed by atoms with Crippen LogP contribution in [0.5, 0.6) is 0 Å². The number of rotatable bonds is 4. The fraction of sp³-hybridized carbons (Fsp3) is 0.316. The standard InChI is InChI=1S/C19H19Br2N3O/c20-13-4-5-18-16(10-13)15-2-1-3-17(21)19(15)24(18)12-14(25)11-23-8-6-22-7-9-23/h1-5,10,22H,6-9,11-12H2. The number of benzene rings is 2. The first-order chi connectivity index (χ1) is 12.1. The number of nitrogens with one attached hydrogen (secondary N) is 1. The molecule has 0 spiro atoms. The number of fused-ring (bicyclic) bond motifs is 3. The van der Waals surface area contributed by atoms with Crippen molar-refractivity contribution in [1.29, 1.82) is 0 Å². The zero-order chi connectivity index (χ0) is 17.4. The fourth-order valence-corrected chi connectivity index (χ4v) is 4.54. The predicted molar refractivity (Wildman–Crippen MR) is 109 cm³/mol. The van der Waals surface area contributed by atoms with E-state index in [1.807, 2.05) is 18.2 Å². The van der Waals surface area contributed by atoms with Gasteiger partial charge in [-0.3, -0.25) is 9.69 Å². The molecule has 0 aliphatic carbocycles. The van der Waals surface area contributed by atoms with Crippen molar-refractivity contribution in [1.82, 2.24) is 14.8 Å². The van der Waals surface area contributed by atoms with E-state index >= 15 is 0 Å². The van der Waals surface area contributed by atoms with Crippen LogP contribution in [0.4, 0.5) is 0 Å². The molecule has 6 heteroatoms. The van der Waals surface area contributed by atoms with E-state index in [1.165, 1.54) is 10.8 Å². The smallest absolute Gasteiger partial charge is 0.166 e. The summed E-state index contributed by atoms with van der Waals surface area (Å²) in [4.78, 5) is 15.0. The molecule has 1 aliphatic rings. The van der Waals surface area contributed by atoms with E-state index < -0.39 is 0 Å². The summed E-state index contributed by atoms with van der Waals surface area (Å²) >= 11 is 7.23. The van der Waals surface area contributed by atoms with E-state index in [9.17, 15) is 4.79 Å². The maximum atomic E-state index is 12.7. The minimum Gasteiger partial charge on any atom is -0.332 e. The molecule has 0 saturated carbocycles. The van der Waals surface area contributed by atoms with E-state index in [1.54, 1.807) is 0 Å². The highest BCUT2D eigenvalue weighted by molar-refractivity contribution is 9.11. The molecular formula is C19H19Br2N3O. The highest BCUT2D eigenvalue weighted by Crippen LogP contribution is 2.35. The van der Waals surface area contributed by atoms with Gasteiger partial charge in [-0.1, -0.05) is 28.1 Å². The van der Waals surface area contributed by atoms with Gasteiger partial charge in [0.15, 0.2) is 5.78 Å². The topological polar surface area (TPSA) is 37.3 Å². The quantitative estimate of drug-likeness (QED) is 0.638. The second-order valence-corrected chi connectivity index (χ2v) is 8.22. The zero-order valence-corrected chi connectivity index (χ0v) is 16.9. The fourth-order valence-electron chi connectivity index (χ4n) is 3.60. The molecular weight excluding hydrogens is 446 g/mol. The van der Waals surface area contributed by atoms with Crippen LogP contribution in [0.15, 0.2) is 45.3 Å². The molecule has 4 rings (SSSR count). The van der Waals surface area contributed by atoms with Crippen LogP contribution in [0.3, 0.4) is 0 Å². The molecule has 0 bridgehead atoms. The molecule has 2 heterocycles. The molecule has 1 N–H and O–H groups in total. The first-order valence-corrected chi connectivity index (χ1v) is 10.0. The largest absolute Gasteiger partial charge is 0.332 e. The lowest BCUT2D eigenvalue weighted by molar-refractivity contribution is -0.120. The molecule has 130 valence electrons. The van der Waals surface area contributed by atoms with Gasteiger partial charge in [-0.25, -0.2) is 0 Å². The van der Waals surface area contributed by atoms with Crippen molar-refractivity contribution in [2.75, 3.05) is 32.7 Å². The van der Waals surface area contributed by atoms with E-state index in [0.29, 0.717) is 13.1 Å². The van der Waals surface area contributed by atoms with Gasteiger partial charge in [-0.15, -0.1) is 0 Å². The van der Waals surface area contributed by atoms with Gasteiger partial charge in [-0.05, 0) is 40.2 Å². The first-order valence-electron chi connectivity index (χ1n) is 8.44. The van der Waals surface area contributed by atoms with Crippen LogP contribution in [0.2, 0.25) is 0 Å². The van der Waals surface area contributed by atoms with Crippen molar-refractivity contribution < 1.29 is 4.79 Å². The normalized spacial score (nSPS) is 15.9. The minimum absolute atomic E-state index is 0.249. The Morgan fingerprint density at radius 1 is 1.04 bits per heavy atom. The van der Waals surface area contributed by atoms with Crippen molar-refractivity contribution in [2.45, 2.75) is 6.54 Å². The molecule has 0 unspecified atom stereocenters. The van der Waals surface area contributed by atoms with E-state index in [2.05, 4.69) is 64.8 Å². The Hall–Kier alpha value is -1.21. The monoisotopic (exact) mass is 463 g/mol. The number of ketones is 1. The van der Waals surface area contributed by atoms with Crippen molar-refractivity contribution in [3.05, 3.63) is 45.3 Å². The van der Waals surface area contributed by atoms with Gasteiger partial charge < -0.3 is 9.88 Å². The summed E-state index contributed by atoms with van der Waals surface area (Å²) in [6.45, 7) is 4.72. The number of carbonyl (C=O) groups is 1. The van der Waals surface area contributed by atoms with Crippen molar-refractivity contribution in [2.24, 2.45) is 0 Å². The number of nitrogens with zero attached hydrogens (tertiary/aromatic N) is 2. The van der Waals surface area contributed by atoms with Gasteiger partial charge in [0.1, 0.15) is 0 Å². The molecule has 1 aromatic heterocycles. The second-order valence-electron chi connectivity index (χ2n) is 6.45. The number of carbonyl (C=O) groups excluding carboxylic acids is 1. The maximum Gasteiger partial charge on any atom is 0.166 e. The molecule has 0 radical (unpaired) electrons. The van der Waals surface area contributed by atoms with E-state index in [0.717, 1.165) is 46.2 Å². The first kappa shape index (κ1) is 17.2. The van der Waals surface area contributed by atoms with E-state index in [4.69, 9.17) is 0 Å². The third-order valence-corrected chi connectivity index (χ3v) is 5.87. The van der Waals surface area contributed by atoms with Gasteiger partial charge in [0.2, 0.25) is 0 Å². The number of halogens is 2. The maximum absolute atomic E-state index is 12.7. The van der Waals surface area contributed by atoms with Crippen LogP contribution in [-0.2, 0) is 11.3 Å². The predicted octanol–water partition coefficient (Wildman–Crippen LogP) is 3.79. The summed E-state index contributed by atoms with van der Waals surface area (Å²) in [6.07, 6.45) is 0. The summed E-state index contributed by atoms with van der Waals surface area (Å²) in [5.74, 6) is 0.249. The molecule has 1 fully saturated rings. The van der Waals surface area contributed by atoms with Crippen LogP contribution >= 0.6 is 31.9 Å². The summed E-state index contributed by atoms with van der Waals surface area (Å²) < 4.78 is 4.21. The van der Waals surface area contributed by atoms with Crippen LogP contribution in [0.25, 0.3) is 21.8 Å². The molecule has 0 atom stereocenters. The van der Waals surface area contributed by atoms with Crippen LogP contribution in [0.1, 0.15) is 0 Å². The number of hydrogen-bond donors (Lipinski definition) is 1. The molecule has 25 heavy (non-hydrogen) atoms. The third kappa shape index (κ3) is 3.40. The molecule has 4 nitrogen and oxygen atoms in total. The van der Waals surface area contributed by atoms with Crippen molar-refractivity contribution >= 4 is 59.4 Å². The Balaban J connectivity index is 1.73. The third-order valence-electron chi connectivity index (χ3n) is 4.74. The van der Waals surface area contributed by atoms with Gasteiger partial charge >= 0.3 is 0 Å². The summed E-state index contributed by atoms with van der Waals surface area (Å²) in [7, 11) is 0. The molecule has 0 amide bonds. The molecule has 3 aromatic rings. The number of piperazine rings is 1. The lowest BCUT2D eigenvalue weighted by Gasteiger charge is -2.26. The number of Topliss-reactive ketones (excluding diaryl/α,β-unsaturated/α-hetero) is 1. The van der Waals surface area contributed by atoms with Crippen LogP contribution in [-0.4, -0.2) is 48.0 Å². The van der Waals surface area contributed by atoms with Gasteiger partial charge in [0.05, 0.1) is 18.6 Å². The average molecular weight is 465 g/mol. The number of aromatic nitrogens is 1. The highest BCUT2D eigenvalue weighted by atomic mass is 79.9. The summed E-state index contributed by atoms with van der Waals surface area (Å²) in [5.41, 5.74) is 2.18. The lowest BCUT2D eigenvalue weighted by Crippen LogP contribution is -2.45. The van der Waals surface area contributed by atoms with Crippen molar-refractivity contribution in [3.8, 4) is 0 Å². The molecule has 1 aliphatic heterocycles. The zero-order valence-electron chi connectivity index (χ0n) is 13.8. The van der Waals surface area contributed by atoms with Gasteiger partial charge in [0.25, 0.3) is 0 Å². The van der Waals surface area contributed by atoms with Crippen molar-refractivity contribution in [3.63, 3.8) is 0 Å². The Morgan fingerprint density at radius 3 is 2.64 bits per heavy atom. The number of para-hydroxylation sites is 1. The summed E-state index contributed by atoms with van der Waals surface area (Å²) in [6, 6.07) is 12.4.